The van der Waals surface area contributed by atoms with Gasteiger partial charge in [0, 0.05) is 12.5 Å². The van der Waals surface area contributed by atoms with Crippen LogP contribution < -0.4 is 11.1 Å². The molecule has 0 saturated carbocycles. The van der Waals surface area contributed by atoms with Crippen LogP contribution in [0.15, 0.2) is 11.6 Å². The van der Waals surface area contributed by atoms with Crippen molar-refractivity contribution in [1.82, 2.24) is 5.32 Å². The Balaban J connectivity index is 1.65. The Hall–Kier alpha value is -0.910. The van der Waals surface area contributed by atoms with Crippen LogP contribution in [0, 0.1) is 11.8 Å². The second-order valence-electron chi connectivity index (χ2n) is 7.85. The van der Waals surface area contributed by atoms with Crippen LogP contribution in [0.1, 0.15) is 52.4 Å². The van der Waals surface area contributed by atoms with Crippen molar-refractivity contribution in [2.24, 2.45) is 17.6 Å². The van der Waals surface area contributed by atoms with Crippen LogP contribution in [-0.2, 0) is 14.3 Å². The summed E-state index contributed by atoms with van der Waals surface area (Å²) in [6.45, 7) is 6.69. The maximum Gasteiger partial charge on any atom is 0.311 e. The van der Waals surface area contributed by atoms with Gasteiger partial charge in [0.2, 0.25) is 0 Å². The quantitative estimate of drug-likeness (QED) is 0.336. The number of epoxide rings is 1. The van der Waals surface area contributed by atoms with E-state index in [9.17, 15) is 4.79 Å². The van der Waals surface area contributed by atoms with Gasteiger partial charge in [-0.3, -0.25) is 4.79 Å². The van der Waals surface area contributed by atoms with Gasteiger partial charge in [0.1, 0.15) is 12.2 Å². The third-order valence-electron chi connectivity index (χ3n) is 5.91. The fraction of sp³-hybridized carbons (Fsp3) is 0.842. The summed E-state index contributed by atoms with van der Waals surface area (Å²) in [5.41, 5.74) is 6.84. The number of fused-ring (bicyclic) bond motifs is 3. The number of unbranched alkanes of at least 4 members (excludes halogenated alkanes) is 1. The molecule has 3 aliphatic rings. The topological polar surface area (TPSA) is 76.9 Å². The fourth-order valence-electron chi connectivity index (χ4n) is 4.22. The van der Waals surface area contributed by atoms with Crippen molar-refractivity contribution in [3.63, 3.8) is 0 Å². The smallest absolute Gasteiger partial charge is 0.311 e. The van der Waals surface area contributed by atoms with Gasteiger partial charge in [0.25, 0.3) is 0 Å². The molecule has 0 radical (unpaired) electrons. The van der Waals surface area contributed by atoms with E-state index < -0.39 is 0 Å². The van der Waals surface area contributed by atoms with Crippen molar-refractivity contribution < 1.29 is 14.3 Å². The molecule has 3 N–H and O–H groups in total. The summed E-state index contributed by atoms with van der Waals surface area (Å²) in [6, 6.07) is 0. The minimum Gasteiger partial charge on any atom is -0.459 e. The number of nitrogens with two attached hydrogens (primary N) is 1. The van der Waals surface area contributed by atoms with Gasteiger partial charge in [-0.25, -0.2) is 0 Å². The van der Waals surface area contributed by atoms with Crippen LogP contribution in [0.2, 0.25) is 0 Å². The second-order valence-corrected chi connectivity index (χ2v) is 7.85. The summed E-state index contributed by atoms with van der Waals surface area (Å²) in [6.07, 6.45) is 8.54. The van der Waals surface area contributed by atoms with Gasteiger partial charge in [-0.05, 0) is 65.5 Å². The van der Waals surface area contributed by atoms with Crippen molar-refractivity contribution in [2.45, 2.75) is 70.2 Å². The summed E-state index contributed by atoms with van der Waals surface area (Å²) in [4.78, 5) is 12.5. The summed E-state index contributed by atoms with van der Waals surface area (Å²) in [5.74, 6) is 0.163. The van der Waals surface area contributed by atoms with Crippen LogP contribution in [0.25, 0.3) is 0 Å². The van der Waals surface area contributed by atoms with Gasteiger partial charge in [0.15, 0.2) is 0 Å². The van der Waals surface area contributed by atoms with Crippen LogP contribution >= 0.6 is 0 Å². The molecular formula is C19H32N2O3. The average Bonchev–Trinajstić information content (AvgIpc) is 3.11. The standard InChI is InChI=1S/C19H32N2O3/c1-13-6-5-9-19(2)17(24-19)16-14(8-7-13)15(18(22)23-16)12-21-11-4-3-10-20/h6,14-17,21H,3-5,7-12,20H2,1-2H3/t14-,15-,16-,17-,19+/m0/s1. The number of hydrogen-bond acceptors (Lipinski definition) is 5. The van der Waals surface area contributed by atoms with E-state index in [0.717, 1.165) is 51.6 Å². The van der Waals surface area contributed by atoms with Crippen LogP contribution in [-0.4, -0.2) is 43.4 Å². The average molecular weight is 336 g/mol. The minimum absolute atomic E-state index is 0.0462. The fourth-order valence-corrected chi connectivity index (χ4v) is 4.22. The molecule has 2 heterocycles. The molecule has 0 amide bonds. The Labute approximate surface area is 145 Å². The van der Waals surface area contributed by atoms with Crippen molar-refractivity contribution in [2.75, 3.05) is 19.6 Å². The molecule has 3 rings (SSSR count). The van der Waals surface area contributed by atoms with Crippen molar-refractivity contribution in [3.05, 3.63) is 11.6 Å². The maximum absolute atomic E-state index is 12.5. The summed E-state index contributed by atoms with van der Waals surface area (Å²) >= 11 is 0. The SMILES string of the molecule is CC1=CCC[C@@]2(C)O[C@H]2[C@H]2OC(=O)[C@@H](CNCCCCN)[C@@H]2CC1. The molecule has 5 atom stereocenters. The normalized spacial score (nSPS) is 38.8. The van der Waals surface area contributed by atoms with Crippen LogP contribution in [0.5, 0.6) is 0 Å². The molecule has 0 aromatic rings. The highest BCUT2D eigenvalue weighted by atomic mass is 16.6. The predicted octanol–water partition coefficient (Wildman–Crippen LogP) is 2.15. The van der Waals surface area contributed by atoms with Crippen molar-refractivity contribution >= 4 is 5.97 Å². The Kier molecular flexibility index (Phi) is 5.63. The molecule has 2 fully saturated rings. The van der Waals surface area contributed by atoms with E-state index in [-0.39, 0.29) is 35.6 Å². The van der Waals surface area contributed by atoms with E-state index in [1.54, 1.807) is 0 Å². The molecule has 1 aliphatic carbocycles. The number of ether oxygens (including phenoxy) is 2. The molecule has 0 unspecified atom stereocenters. The molecule has 0 spiro atoms. The number of esters is 1. The summed E-state index contributed by atoms with van der Waals surface area (Å²) in [5, 5.41) is 3.43. The highest BCUT2D eigenvalue weighted by molar-refractivity contribution is 5.75. The molecule has 5 heteroatoms. The monoisotopic (exact) mass is 336 g/mol. The third-order valence-corrected chi connectivity index (χ3v) is 5.91. The predicted molar refractivity (Wildman–Crippen MR) is 93.5 cm³/mol. The van der Waals surface area contributed by atoms with E-state index in [2.05, 4.69) is 25.2 Å². The lowest BCUT2D eigenvalue weighted by atomic mass is 9.80. The number of nitrogens with one attached hydrogen (secondary N) is 1. The van der Waals surface area contributed by atoms with E-state index in [4.69, 9.17) is 15.2 Å². The van der Waals surface area contributed by atoms with Gasteiger partial charge >= 0.3 is 5.97 Å². The maximum atomic E-state index is 12.5. The molecule has 0 aromatic carbocycles. The van der Waals surface area contributed by atoms with E-state index in [1.165, 1.54) is 5.57 Å². The second kappa shape index (κ2) is 7.54. The lowest BCUT2D eigenvalue weighted by Crippen LogP contribution is -2.34. The highest BCUT2D eigenvalue weighted by Crippen LogP contribution is 2.50. The Morgan fingerprint density at radius 2 is 2.25 bits per heavy atom. The molecule has 2 saturated heterocycles. The molecule has 0 aromatic heterocycles. The van der Waals surface area contributed by atoms with Crippen molar-refractivity contribution in [3.8, 4) is 0 Å². The third kappa shape index (κ3) is 3.84. The first-order valence-corrected chi connectivity index (χ1v) is 9.50. The van der Waals surface area contributed by atoms with E-state index >= 15 is 0 Å². The first kappa shape index (κ1) is 17.9. The van der Waals surface area contributed by atoms with Gasteiger partial charge in [0.05, 0.1) is 11.5 Å². The van der Waals surface area contributed by atoms with Crippen molar-refractivity contribution in [1.29, 1.82) is 0 Å². The molecule has 5 nitrogen and oxygen atoms in total. The number of carbonyl (C=O) groups is 1. The van der Waals surface area contributed by atoms with Gasteiger partial charge in [-0.2, -0.15) is 0 Å². The van der Waals surface area contributed by atoms with Gasteiger partial charge in [-0.15, -0.1) is 0 Å². The number of hydrogen-bond donors (Lipinski definition) is 2. The van der Waals surface area contributed by atoms with Crippen LogP contribution in [0.4, 0.5) is 0 Å². The Morgan fingerprint density at radius 3 is 3.04 bits per heavy atom. The van der Waals surface area contributed by atoms with Gasteiger partial charge < -0.3 is 20.5 Å². The minimum atomic E-state index is -0.110. The lowest BCUT2D eigenvalue weighted by molar-refractivity contribution is -0.144. The first-order chi connectivity index (χ1) is 11.5. The molecular weight excluding hydrogens is 304 g/mol. The molecule has 2 aliphatic heterocycles. The molecule has 0 bridgehead atoms. The van der Waals surface area contributed by atoms with Gasteiger partial charge in [-0.1, -0.05) is 11.6 Å². The highest BCUT2D eigenvalue weighted by Gasteiger charge is 2.62. The number of allylic oxidation sites excluding steroid dienone is 2. The van der Waals surface area contributed by atoms with E-state index in [0.29, 0.717) is 6.54 Å². The zero-order chi connectivity index (χ0) is 17.2. The molecule has 24 heavy (non-hydrogen) atoms. The largest absolute Gasteiger partial charge is 0.459 e. The Morgan fingerprint density at radius 1 is 1.42 bits per heavy atom. The summed E-state index contributed by atoms with van der Waals surface area (Å²) < 4.78 is 11.8. The zero-order valence-electron chi connectivity index (χ0n) is 15.1. The zero-order valence-corrected chi connectivity index (χ0v) is 15.1. The van der Waals surface area contributed by atoms with Crippen LogP contribution in [0.3, 0.4) is 0 Å². The molecule has 136 valence electrons. The first-order valence-electron chi connectivity index (χ1n) is 9.50. The Bertz CT molecular complexity index is 493. The summed E-state index contributed by atoms with van der Waals surface area (Å²) in [7, 11) is 0. The number of rotatable bonds is 6. The van der Waals surface area contributed by atoms with E-state index in [1.807, 2.05) is 0 Å². The lowest BCUT2D eigenvalue weighted by Gasteiger charge is -2.22. The number of carbonyl (C=O) groups excluding carboxylic acids is 1.